The summed E-state index contributed by atoms with van der Waals surface area (Å²) in [6.45, 7) is 10.4. The van der Waals surface area contributed by atoms with Crippen LogP contribution in [0, 0.1) is 12.3 Å². The van der Waals surface area contributed by atoms with Crippen LogP contribution in [0.5, 0.6) is 0 Å². The molecule has 0 aromatic heterocycles. The van der Waals surface area contributed by atoms with Gasteiger partial charge in [-0.3, -0.25) is 4.90 Å². The maximum Gasteiger partial charge on any atom is 0.0343 e. The lowest BCUT2D eigenvalue weighted by atomic mass is 9.78. The number of aryl methyl sites for hydroxylation is 1. The second-order valence-corrected chi connectivity index (χ2v) is 6.13. The van der Waals surface area contributed by atoms with Crippen molar-refractivity contribution in [2.75, 3.05) is 18.8 Å². The van der Waals surface area contributed by atoms with Crippen molar-refractivity contribution in [1.82, 2.24) is 4.90 Å². The number of nitrogens with two attached hydrogens (primary N) is 1. The molecule has 0 saturated carbocycles. The molecule has 0 unspecified atom stereocenters. The normalized spacial score (nSPS) is 19.9. The van der Waals surface area contributed by atoms with E-state index in [1.54, 1.807) is 0 Å². The van der Waals surface area contributed by atoms with Gasteiger partial charge in [-0.25, -0.2) is 0 Å². The Morgan fingerprint density at radius 2 is 1.94 bits per heavy atom. The zero-order valence-corrected chi connectivity index (χ0v) is 12.0. The molecule has 2 rings (SSSR count). The van der Waals surface area contributed by atoms with Gasteiger partial charge < -0.3 is 5.73 Å². The van der Waals surface area contributed by atoms with Crippen LogP contribution in [0.4, 0.5) is 5.69 Å². The molecular formula is C16H26N2. The lowest BCUT2D eigenvalue weighted by Gasteiger charge is -2.39. The third-order valence-electron chi connectivity index (χ3n) is 4.66. The van der Waals surface area contributed by atoms with Crippen molar-refractivity contribution in [3.05, 3.63) is 29.3 Å². The van der Waals surface area contributed by atoms with Crippen LogP contribution in [0.3, 0.4) is 0 Å². The Bertz CT molecular complexity index is 404. The maximum absolute atomic E-state index is 5.86. The number of anilines is 1. The first-order valence-corrected chi connectivity index (χ1v) is 7.10. The third kappa shape index (κ3) is 3.05. The van der Waals surface area contributed by atoms with Crippen LogP contribution in [0.25, 0.3) is 0 Å². The zero-order chi connectivity index (χ0) is 13.2. The SMILES string of the molecule is CCC1(C)CCN(Cc2ccc(N)c(C)c2)CC1. The standard InChI is InChI=1S/C16H26N2/c1-4-16(3)7-9-18(10-8-16)12-14-5-6-15(17)13(2)11-14/h5-6,11H,4,7-10,12,17H2,1-3H3. The summed E-state index contributed by atoms with van der Waals surface area (Å²) in [5, 5.41) is 0. The van der Waals surface area contributed by atoms with Crippen LogP contribution >= 0.6 is 0 Å². The van der Waals surface area contributed by atoms with Gasteiger partial charge in [0.05, 0.1) is 0 Å². The molecule has 0 aliphatic carbocycles. The highest BCUT2D eigenvalue weighted by molar-refractivity contribution is 5.47. The van der Waals surface area contributed by atoms with Crippen LogP contribution in [-0.2, 0) is 6.54 Å². The van der Waals surface area contributed by atoms with Gasteiger partial charge in [0, 0.05) is 12.2 Å². The van der Waals surface area contributed by atoms with Gasteiger partial charge in [0.25, 0.3) is 0 Å². The molecule has 1 fully saturated rings. The molecule has 18 heavy (non-hydrogen) atoms. The van der Waals surface area contributed by atoms with Gasteiger partial charge in [0.2, 0.25) is 0 Å². The summed E-state index contributed by atoms with van der Waals surface area (Å²) < 4.78 is 0. The summed E-state index contributed by atoms with van der Waals surface area (Å²) in [5.74, 6) is 0. The zero-order valence-electron chi connectivity index (χ0n) is 12.0. The minimum Gasteiger partial charge on any atom is -0.399 e. The fourth-order valence-corrected chi connectivity index (χ4v) is 2.70. The van der Waals surface area contributed by atoms with E-state index < -0.39 is 0 Å². The molecule has 1 aromatic rings. The highest BCUT2D eigenvalue weighted by atomic mass is 15.1. The number of piperidine rings is 1. The van der Waals surface area contributed by atoms with Crippen molar-refractivity contribution >= 4 is 5.69 Å². The van der Waals surface area contributed by atoms with Crippen molar-refractivity contribution in [2.24, 2.45) is 5.41 Å². The fraction of sp³-hybridized carbons (Fsp3) is 0.625. The summed E-state index contributed by atoms with van der Waals surface area (Å²) in [4.78, 5) is 2.57. The number of benzene rings is 1. The van der Waals surface area contributed by atoms with E-state index in [1.165, 1.54) is 43.5 Å². The number of nitrogens with zero attached hydrogens (tertiary/aromatic N) is 1. The molecule has 100 valence electrons. The number of nitrogen functional groups attached to an aromatic ring is 1. The van der Waals surface area contributed by atoms with Gasteiger partial charge in [-0.15, -0.1) is 0 Å². The van der Waals surface area contributed by atoms with Crippen molar-refractivity contribution in [2.45, 2.75) is 46.6 Å². The van der Waals surface area contributed by atoms with E-state index >= 15 is 0 Å². The van der Waals surface area contributed by atoms with E-state index in [2.05, 4.69) is 37.8 Å². The second kappa shape index (κ2) is 5.31. The average molecular weight is 246 g/mol. The summed E-state index contributed by atoms with van der Waals surface area (Å²) in [6.07, 6.45) is 3.97. The summed E-state index contributed by atoms with van der Waals surface area (Å²) in [5.41, 5.74) is 9.93. The van der Waals surface area contributed by atoms with E-state index in [9.17, 15) is 0 Å². The van der Waals surface area contributed by atoms with Gasteiger partial charge >= 0.3 is 0 Å². The molecule has 1 aromatic carbocycles. The van der Waals surface area contributed by atoms with Gasteiger partial charge in [-0.2, -0.15) is 0 Å². The number of hydrogen-bond acceptors (Lipinski definition) is 2. The van der Waals surface area contributed by atoms with E-state index in [-0.39, 0.29) is 0 Å². The van der Waals surface area contributed by atoms with E-state index in [4.69, 9.17) is 5.73 Å². The third-order valence-corrected chi connectivity index (χ3v) is 4.66. The molecule has 0 atom stereocenters. The predicted molar refractivity (Wildman–Crippen MR) is 78.5 cm³/mol. The van der Waals surface area contributed by atoms with Crippen LogP contribution < -0.4 is 5.73 Å². The highest BCUT2D eigenvalue weighted by Crippen LogP contribution is 2.34. The number of rotatable bonds is 3. The lowest BCUT2D eigenvalue weighted by molar-refractivity contribution is 0.109. The highest BCUT2D eigenvalue weighted by Gasteiger charge is 2.27. The Kier molecular flexibility index (Phi) is 3.96. The molecule has 1 heterocycles. The molecule has 1 aliphatic heterocycles. The molecule has 0 radical (unpaired) electrons. The first-order chi connectivity index (χ1) is 8.52. The van der Waals surface area contributed by atoms with E-state index in [0.717, 1.165) is 12.2 Å². The van der Waals surface area contributed by atoms with Gasteiger partial charge in [-0.1, -0.05) is 32.4 Å². The molecule has 2 N–H and O–H groups in total. The van der Waals surface area contributed by atoms with Crippen molar-refractivity contribution in [1.29, 1.82) is 0 Å². The first kappa shape index (κ1) is 13.4. The minimum absolute atomic E-state index is 0.577. The summed E-state index contributed by atoms with van der Waals surface area (Å²) in [6, 6.07) is 6.42. The van der Waals surface area contributed by atoms with Crippen LogP contribution in [0.15, 0.2) is 18.2 Å². The monoisotopic (exact) mass is 246 g/mol. The molecule has 0 bridgehead atoms. The summed E-state index contributed by atoms with van der Waals surface area (Å²) >= 11 is 0. The van der Waals surface area contributed by atoms with Crippen molar-refractivity contribution in [3.63, 3.8) is 0 Å². The smallest absolute Gasteiger partial charge is 0.0343 e. The Morgan fingerprint density at radius 3 is 2.50 bits per heavy atom. The number of hydrogen-bond donors (Lipinski definition) is 1. The Balaban J connectivity index is 1.93. The van der Waals surface area contributed by atoms with Gasteiger partial charge in [0.1, 0.15) is 0 Å². The topological polar surface area (TPSA) is 29.3 Å². The molecule has 0 amide bonds. The molecule has 1 saturated heterocycles. The van der Waals surface area contributed by atoms with Crippen LogP contribution in [0.1, 0.15) is 44.2 Å². The van der Waals surface area contributed by atoms with Crippen LogP contribution in [-0.4, -0.2) is 18.0 Å². The fourth-order valence-electron chi connectivity index (χ4n) is 2.70. The number of likely N-dealkylation sites (tertiary alicyclic amines) is 1. The summed E-state index contributed by atoms with van der Waals surface area (Å²) in [7, 11) is 0. The molecular weight excluding hydrogens is 220 g/mol. The van der Waals surface area contributed by atoms with E-state index in [1.807, 2.05) is 6.07 Å². The lowest BCUT2D eigenvalue weighted by Crippen LogP contribution is -2.37. The minimum atomic E-state index is 0.577. The van der Waals surface area contributed by atoms with Crippen molar-refractivity contribution < 1.29 is 0 Å². The largest absolute Gasteiger partial charge is 0.399 e. The molecule has 2 heteroatoms. The Morgan fingerprint density at radius 1 is 1.28 bits per heavy atom. The van der Waals surface area contributed by atoms with Gasteiger partial charge in [-0.05, 0) is 55.5 Å². The maximum atomic E-state index is 5.86. The van der Waals surface area contributed by atoms with Crippen molar-refractivity contribution in [3.8, 4) is 0 Å². The second-order valence-electron chi connectivity index (χ2n) is 6.13. The van der Waals surface area contributed by atoms with Crippen LogP contribution in [0.2, 0.25) is 0 Å². The van der Waals surface area contributed by atoms with E-state index in [0.29, 0.717) is 5.41 Å². The molecule has 1 aliphatic rings. The molecule has 2 nitrogen and oxygen atoms in total. The Hall–Kier alpha value is -1.02. The van der Waals surface area contributed by atoms with Gasteiger partial charge in [0.15, 0.2) is 0 Å². The average Bonchev–Trinajstić information content (AvgIpc) is 2.37. The molecule has 0 spiro atoms. The first-order valence-electron chi connectivity index (χ1n) is 7.10. The quantitative estimate of drug-likeness (QED) is 0.826. The predicted octanol–water partition coefficient (Wildman–Crippen LogP) is 3.59. The Labute approximate surface area is 111 Å².